The maximum absolute atomic E-state index is 12.0. The molecule has 18 heavy (non-hydrogen) atoms. The quantitative estimate of drug-likeness (QED) is 0.735. The van der Waals surface area contributed by atoms with Crippen LogP contribution in [0.4, 0.5) is 0 Å². The van der Waals surface area contributed by atoms with Crippen LogP contribution in [0.15, 0.2) is 0 Å². The van der Waals surface area contributed by atoms with E-state index >= 15 is 0 Å². The third kappa shape index (κ3) is 3.64. The molecule has 0 spiro atoms. The maximum Gasteiger partial charge on any atom is 0.220 e. The summed E-state index contributed by atoms with van der Waals surface area (Å²) in [5, 5.41) is 0. The number of carbonyl (C=O) groups excluding carboxylic acids is 1. The molecule has 2 atom stereocenters. The van der Waals surface area contributed by atoms with Crippen molar-refractivity contribution in [3.05, 3.63) is 0 Å². The van der Waals surface area contributed by atoms with Crippen molar-refractivity contribution < 1.29 is 4.79 Å². The van der Waals surface area contributed by atoms with Crippen LogP contribution >= 0.6 is 11.9 Å². The van der Waals surface area contributed by atoms with Crippen LogP contribution in [0, 0.1) is 11.8 Å². The Balaban J connectivity index is 2.93. The third-order valence-corrected chi connectivity index (χ3v) is 4.63. The molecule has 1 aliphatic heterocycles. The fraction of sp³-hybridized carbons (Fsp3) is 0.929. The molecule has 1 saturated heterocycles. The monoisotopic (exact) mass is 272 g/mol. The fourth-order valence-electron chi connectivity index (χ4n) is 2.73. The van der Waals surface area contributed by atoms with Gasteiger partial charge in [0.1, 0.15) is 0 Å². The second-order valence-corrected chi connectivity index (χ2v) is 7.17. The van der Waals surface area contributed by atoms with Gasteiger partial charge in [-0.1, -0.05) is 46.6 Å². The lowest BCUT2D eigenvalue weighted by Gasteiger charge is -2.49. The minimum absolute atomic E-state index is 0.230. The summed E-state index contributed by atoms with van der Waals surface area (Å²) < 4.78 is 2.45. The maximum atomic E-state index is 12.0. The topological polar surface area (TPSA) is 23.6 Å². The zero-order chi connectivity index (χ0) is 13.9. The van der Waals surface area contributed by atoms with Gasteiger partial charge in [-0.05, 0) is 11.8 Å². The van der Waals surface area contributed by atoms with Gasteiger partial charge in [0.15, 0.2) is 0 Å². The summed E-state index contributed by atoms with van der Waals surface area (Å²) in [6.45, 7) is 14.8. The molecule has 2 unspecified atom stereocenters. The number of hydrogen-bond acceptors (Lipinski definition) is 3. The van der Waals surface area contributed by atoms with E-state index in [1.807, 2.05) is 11.9 Å². The Morgan fingerprint density at radius 2 is 1.61 bits per heavy atom. The summed E-state index contributed by atoms with van der Waals surface area (Å²) in [5.74, 6) is 2.36. The molecular formula is C14H28N2OS. The first-order chi connectivity index (χ1) is 8.38. The molecule has 0 aromatic heterocycles. The molecule has 0 bridgehead atoms. The summed E-state index contributed by atoms with van der Waals surface area (Å²) >= 11 is 1.90. The van der Waals surface area contributed by atoms with Gasteiger partial charge in [0, 0.05) is 37.8 Å². The van der Waals surface area contributed by atoms with Crippen molar-refractivity contribution in [3.63, 3.8) is 0 Å². The Morgan fingerprint density at radius 1 is 1.17 bits per heavy atom. The largest absolute Gasteiger partial charge is 0.334 e. The normalized spacial score (nSPS) is 26.1. The van der Waals surface area contributed by atoms with E-state index in [1.54, 1.807) is 6.92 Å². The Bertz CT molecular complexity index is 263. The van der Waals surface area contributed by atoms with Crippen molar-refractivity contribution in [2.45, 2.75) is 53.6 Å². The predicted octanol–water partition coefficient (Wildman–Crippen LogP) is 2.87. The lowest BCUT2D eigenvalue weighted by atomic mass is 9.92. The molecule has 1 fully saturated rings. The summed E-state index contributed by atoms with van der Waals surface area (Å²) in [5.41, 5.74) is 0. The standard InChI is InChI=1S/C14H28N2OS/c1-7-18-15-8-13(10(2)3)16(12(6)17)14(9-15)11(4)5/h10-11,13-14H,7-9H2,1-6H3. The predicted molar refractivity (Wildman–Crippen MR) is 79.5 cm³/mol. The van der Waals surface area contributed by atoms with Crippen LogP contribution in [0.5, 0.6) is 0 Å². The number of piperazine rings is 1. The van der Waals surface area contributed by atoms with Crippen LogP contribution in [0.1, 0.15) is 41.5 Å². The smallest absolute Gasteiger partial charge is 0.220 e. The first kappa shape index (κ1) is 15.8. The Morgan fingerprint density at radius 3 is 1.89 bits per heavy atom. The van der Waals surface area contributed by atoms with Crippen molar-refractivity contribution >= 4 is 17.9 Å². The van der Waals surface area contributed by atoms with E-state index < -0.39 is 0 Å². The summed E-state index contributed by atoms with van der Waals surface area (Å²) in [7, 11) is 0. The van der Waals surface area contributed by atoms with Gasteiger partial charge in [-0.3, -0.25) is 4.79 Å². The van der Waals surface area contributed by atoms with Crippen LogP contribution in [-0.4, -0.2) is 46.0 Å². The fourth-order valence-corrected chi connectivity index (χ4v) is 3.61. The molecule has 0 aromatic carbocycles. The van der Waals surface area contributed by atoms with E-state index in [0.717, 1.165) is 18.8 Å². The van der Waals surface area contributed by atoms with Crippen LogP contribution in [0.2, 0.25) is 0 Å². The first-order valence-corrected chi connectivity index (χ1v) is 7.99. The molecule has 1 aliphatic rings. The molecule has 0 aromatic rings. The van der Waals surface area contributed by atoms with Crippen molar-refractivity contribution in [1.29, 1.82) is 0 Å². The number of nitrogens with zero attached hydrogens (tertiary/aromatic N) is 2. The average Bonchev–Trinajstić information content (AvgIpc) is 2.27. The van der Waals surface area contributed by atoms with Gasteiger partial charge in [0.25, 0.3) is 0 Å². The van der Waals surface area contributed by atoms with Crippen molar-refractivity contribution in [2.24, 2.45) is 11.8 Å². The molecule has 106 valence electrons. The van der Waals surface area contributed by atoms with E-state index in [2.05, 4.69) is 43.8 Å². The van der Waals surface area contributed by atoms with Gasteiger partial charge in [-0.25, -0.2) is 4.31 Å². The highest BCUT2D eigenvalue weighted by Crippen LogP contribution is 2.29. The number of amides is 1. The second-order valence-electron chi connectivity index (χ2n) is 5.81. The van der Waals surface area contributed by atoms with Gasteiger partial charge < -0.3 is 4.90 Å². The van der Waals surface area contributed by atoms with Gasteiger partial charge in [0.2, 0.25) is 5.91 Å². The minimum Gasteiger partial charge on any atom is -0.334 e. The summed E-state index contributed by atoms with van der Waals surface area (Å²) in [4.78, 5) is 14.1. The third-order valence-electron chi connectivity index (χ3n) is 3.71. The average molecular weight is 272 g/mol. The van der Waals surface area contributed by atoms with Crippen molar-refractivity contribution in [2.75, 3.05) is 18.8 Å². The van der Waals surface area contributed by atoms with Gasteiger partial charge in [-0.2, -0.15) is 0 Å². The number of rotatable bonds is 4. The molecule has 1 heterocycles. The Hall–Kier alpha value is -0.220. The lowest BCUT2D eigenvalue weighted by Crippen LogP contribution is -2.61. The van der Waals surface area contributed by atoms with Crippen LogP contribution in [0.25, 0.3) is 0 Å². The molecule has 4 heteroatoms. The van der Waals surface area contributed by atoms with Crippen LogP contribution in [-0.2, 0) is 4.79 Å². The molecule has 0 aliphatic carbocycles. The van der Waals surface area contributed by atoms with E-state index in [-0.39, 0.29) is 5.91 Å². The van der Waals surface area contributed by atoms with Crippen LogP contribution < -0.4 is 0 Å². The SMILES string of the molecule is CCSN1CC(C(C)C)N(C(C)=O)C(C(C)C)C1. The van der Waals surface area contributed by atoms with Gasteiger partial charge in [-0.15, -0.1) is 0 Å². The minimum atomic E-state index is 0.230. The summed E-state index contributed by atoms with van der Waals surface area (Å²) in [6.07, 6.45) is 0. The van der Waals surface area contributed by atoms with Gasteiger partial charge >= 0.3 is 0 Å². The molecule has 0 N–H and O–H groups in total. The zero-order valence-corrected chi connectivity index (χ0v) is 13.5. The van der Waals surface area contributed by atoms with Crippen molar-refractivity contribution in [3.8, 4) is 0 Å². The molecule has 3 nitrogen and oxygen atoms in total. The molecule has 1 amide bonds. The van der Waals surface area contributed by atoms with E-state index in [0.29, 0.717) is 23.9 Å². The van der Waals surface area contributed by atoms with Crippen LogP contribution in [0.3, 0.4) is 0 Å². The number of carbonyl (C=O) groups is 1. The van der Waals surface area contributed by atoms with E-state index in [1.165, 1.54) is 0 Å². The Kier molecular flexibility index (Phi) is 5.99. The Labute approximate surface area is 116 Å². The zero-order valence-electron chi connectivity index (χ0n) is 12.6. The summed E-state index contributed by atoms with van der Waals surface area (Å²) in [6, 6.07) is 0.699. The van der Waals surface area contributed by atoms with Crippen molar-refractivity contribution in [1.82, 2.24) is 9.21 Å². The second kappa shape index (κ2) is 6.80. The highest BCUT2D eigenvalue weighted by molar-refractivity contribution is 7.96. The highest BCUT2D eigenvalue weighted by atomic mass is 32.2. The molecule has 0 radical (unpaired) electrons. The lowest BCUT2D eigenvalue weighted by molar-refractivity contribution is -0.139. The van der Waals surface area contributed by atoms with E-state index in [9.17, 15) is 4.79 Å². The molecule has 1 rings (SSSR count). The first-order valence-electron chi connectivity index (χ1n) is 7.05. The highest BCUT2D eigenvalue weighted by Gasteiger charge is 2.38. The van der Waals surface area contributed by atoms with E-state index in [4.69, 9.17) is 0 Å². The number of hydrogen-bond donors (Lipinski definition) is 0. The molecule has 0 saturated carbocycles. The molecular weight excluding hydrogens is 244 g/mol. The van der Waals surface area contributed by atoms with Gasteiger partial charge in [0.05, 0.1) is 0 Å².